The number of nitrogens with one attached hydrogen (secondary N) is 1. The SMILES string of the molecule is CCC(CC)CNCc1ccc(OCc2c(C)noc2C)c(OC)c1. The number of methoxy groups -OCH3 is 1. The van der Waals surface area contributed by atoms with Gasteiger partial charge in [0.2, 0.25) is 0 Å². The molecule has 1 heterocycles. The zero-order valence-corrected chi connectivity index (χ0v) is 16.0. The van der Waals surface area contributed by atoms with Crippen LogP contribution in [0.3, 0.4) is 0 Å². The molecule has 0 saturated heterocycles. The molecule has 1 N–H and O–H groups in total. The van der Waals surface area contributed by atoms with Crippen LogP contribution in [-0.4, -0.2) is 18.8 Å². The first-order valence-electron chi connectivity index (χ1n) is 9.01. The molecule has 5 nitrogen and oxygen atoms in total. The predicted octanol–water partition coefficient (Wildman–Crippen LogP) is 4.40. The minimum absolute atomic E-state index is 0.420. The van der Waals surface area contributed by atoms with Crippen LogP contribution < -0.4 is 14.8 Å². The molecule has 0 spiro atoms. The van der Waals surface area contributed by atoms with Gasteiger partial charge in [0.1, 0.15) is 12.4 Å². The summed E-state index contributed by atoms with van der Waals surface area (Å²) in [7, 11) is 1.67. The smallest absolute Gasteiger partial charge is 0.161 e. The third kappa shape index (κ3) is 5.23. The van der Waals surface area contributed by atoms with Gasteiger partial charge in [-0.15, -0.1) is 0 Å². The Labute approximate surface area is 150 Å². The number of hydrogen-bond donors (Lipinski definition) is 1. The van der Waals surface area contributed by atoms with E-state index < -0.39 is 0 Å². The van der Waals surface area contributed by atoms with Gasteiger partial charge in [-0.05, 0) is 44.0 Å². The van der Waals surface area contributed by atoms with Crippen LogP contribution in [0.15, 0.2) is 22.7 Å². The van der Waals surface area contributed by atoms with E-state index in [1.54, 1.807) is 7.11 Å². The monoisotopic (exact) mass is 346 g/mol. The van der Waals surface area contributed by atoms with Gasteiger partial charge in [0, 0.05) is 6.54 Å². The van der Waals surface area contributed by atoms with Gasteiger partial charge in [-0.2, -0.15) is 0 Å². The van der Waals surface area contributed by atoms with E-state index in [1.807, 2.05) is 26.0 Å². The zero-order chi connectivity index (χ0) is 18.2. The Morgan fingerprint density at radius 1 is 1.16 bits per heavy atom. The van der Waals surface area contributed by atoms with Crippen molar-refractivity contribution in [2.45, 2.75) is 53.7 Å². The summed E-state index contributed by atoms with van der Waals surface area (Å²) in [5, 5.41) is 7.48. The Balaban J connectivity index is 1.96. The van der Waals surface area contributed by atoms with Crippen LogP contribution in [-0.2, 0) is 13.2 Å². The molecule has 0 aliphatic rings. The second-order valence-electron chi connectivity index (χ2n) is 6.39. The summed E-state index contributed by atoms with van der Waals surface area (Å²) in [5.41, 5.74) is 3.03. The quantitative estimate of drug-likeness (QED) is 0.691. The first-order chi connectivity index (χ1) is 12.1. The van der Waals surface area contributed by atoms with Crippen LogP contribution in [0.25, 0.3) is 0 Å². The highest BCUT2D eigenvalue weighted by Crippen LogP contribution is 2.29. The summed E-state index contributed by atoms with van der Waals surface area (Å²) in [6, 6.07) is 6.07. The van der Waals surface area contributed by atoms with Crippen molar-refractivity contribution in [1.82, 2.24) is 10.5 Å². The lowest BCUT2D eigenvalue weighted by molar-refractivity contribution is 0.281. The highest BCUT2D eigenvalue weighted by Gasteiger charge is 2.12. The van der Waals surface area contributed by atoms with E-state index in [0.717, 1.165) is 47.5 Å². The van der Waals surface area contributed by atoms with E-state index in [2.05, 4.69) is 30.4 Å². The van der Waals surface area contributed by atoms with Crippen molar-refractivity contribution >= 4 is 0 Å². The maximum Gasteiger partial charge on any atom is 0.161 e. The molecule has 0 aliphatic carbocycles. The molecule has 0 aliphatic heterocycles. The Bertz CT molecular complexity index is 643. The fourth-order valence-corrected chi connectivity index (χ4v) is 2.80. The molecule has 0 unspecified atom stereocenters. The second kappa shape index (κ2) is 9.47. The van der Waals surface area contributed by atoms with Gasteiger partial charge in [0.15, 0.2) is 11.5 Å². The normalized spacial score (nSPS) is 11.1. The molecule has 5 heteroatoms. The average Bonchev–Trinajstić information content (AvgIpc) is 2.95. The molecule has 0 atom stereocenters. The highest BCUT2D eigenvalue weighted by atomic mass is 16.5. The largest absolute Gasteiger partial charge is 0.493 e. The van der Waals surface area contributed by atoms with Crippen LogP contribution in [0.4, 0.5) is 0 Å². The van der Waals surface area contributed by atoms with Gasteiger partial charge in [0.25, 0.3) is 0 Å². The summed E-state index contributed by atoms with van der Waals surface area (Å²) in [6.07, 6.45) is 2.42. The third-order valence-electron chi connectivity index (χ3n) is 4.70. The van der Waals surface area contributed by atoms with Crippen molar-refractivity contribution in [2.24, 2.45) is 5.92 Å². The fourth-order valence-electron chi connectivity index (χ4n) is 2.80. The molecule has 0 fully saturated rings. The number of hydrogen-bond acceptors (Lipinski definition) is 5. The Morgan fingerprint density at radius 3 is 2.52 bits per heavy atom. The molecule has 2 rings (SSSR count). The van der Waals surface area contributed by atoms with Crippen molar-refractivity contribution in [3.63, 3.8) is 0 Å². The van der Waals surface area contributed by atoms with Crippen molar-refractivity contribution < 1.29 is 14.0 Å². The summed E-state index contributed by atoms with van der Waals surface area (Å²) < 4.78 is 16.6. The van der Waals surface area contributed by atoms with Gasteiger partial charge in [0.05, 0.1) is 18.4 Å². The van der Waals surface area contributed by atoms with Crippen molar-refractivity contribution in [1.29, 1.82) is 0 Å². The van der Waals surface area contributed by atoms with Crippen LogP contribution in [0.2, 0.25) is 0 Å². The first kappa shape index (κ1) is 19.3. The van der Waals surface area contributed by atoms with E-state index in [-0.39, 0.29) is 0 Å². The van der Waals surface area contributed by atoms with Gasteiger partial charge in [-0.1, -0.05) is 37.9 Å². The number of aryl methyl sites for hydroxylation is 2. The highest BCUT2D eigenvalue weighted by molar-refractivity contribution is 5.43. The lowest BCUT2D eigenvalue weighted by atomic mass is 10.0. The number of ether oxygens (including phenoxy) is 2. The second-order valence-corrected chi connectivity index (χ2v) is 6.39. The Kier molecular flexibility index (Phi) is 7.31. The molecule has 138 valence electrons. The topological polar surface area (TPSA) is 56.5 Å². The van der Waals surface area contributed by atoms with Crippen molar-refractivity contribution in [3.05, 3.63) is 40.8 Å². The van der Waals surface area contributed by atoms with Crippen LogP contribution in [0.5, 0.6) is 11.5 Å². The zero-order valence-electron chi connectivity index (χ0n) is 16.0. The van der Waals surface area contributed by atoms with Crippen LogP contribution >= 0.6 is 0 Å². The predicted molar refractivity (Wildman–Crippen MR) is 99.1 cm³/mol. The average molecular weight is 346 g/mol. The third-order valence-corrected chi connectivity index (χ3v) is 4.70. The Hall–Kier alpha value is -2.01. The molecule has 0 amide bonds. The van der Waals surface area contributed by atoms with Crippen molar-refractivity contribution in [2.75, 3.05) is 13.7 Å². The lowest BCUT2D eigenvalue weighted by Crippen LogP contribution is -2.21. The number of nitrogens with zero attached hydrogens (tertiary/aromatic N) is 1. The van der Waals surface area contributed by atoms with Gasteiger partial charge >= 0.3 is 0 Å². The first-order valence-corrected chi connectivity index (χ1v) is 9.01. The minimum atomic E-state index is 0.420. The molecule has 1 aromatic heterocycles. The molecule has 25 heavy (non-hydrogen) atoms. The summed E-state index contributed by atoms with van der Waals surface area (Å²) in [6.45, 7) is 10.6. The van der Waals surface area contributed by atoms with E-state index in [4.69, 9.17) is 14.0 Å². The van der Waals surface area contributed by atoms with E-state index >= 15 is 0 Å². The molecule has 0 saturated carbocycles. The van der Waals surface area contributed by atoms with E-state index in [1.165, 1.54) is 18.4 Å². The fraction of sp³-hybridized carbons (Fsp3) is 0.550. The molecule has 0 radical (unpaired) electrons. The van der Waals surface area contributed by atoms with Crippen molar-refractivity contribution in [3.8, 4) is 11.5 Å². The number of rotatable bonds is 10. The molecular weight excluding hydrogens is 316 g/mol. The summed E-state index contributed by atoms with van der Waals surface area (Å²) in [4.78, 5) is 0. The lowest BCUT2D eigenvalue weighted by Gasteiger charge is -2.15. The van der Waals surface area contributed by atoms with Gasteiger partial charge in [-0.25, -0.2) is 0 Å². The van der Waals surface area contributed by atoms with Crippen LogP contribution in [0.1, 0.15) is 49.3 Å². The number of benzene rings is 1. The maximum absolute atomic E-state index is 5.92. The summed E-state index contributed by atoms with van der Waals surface area (Å²) in [5.74, 6) is 3.00. The van der Waals surface area contributed by atoms with Crippen LogP contribution in [0, 0.1) is 19.8 Å². The molecule has 0 bridgehead atoms. The van der Waals surface area contributed by atoms with E-state index in [9.17, 15) is 0 Å². The summed E-state index contributed by atoms with van der Waals surface area (Å²) >= 11 is 0. The molecular formula is C20H30N2O3. The number of aromatic nitrogens is 1. The minimum Gasteiger partial charge on any atom is -0.493 e. The standard InChI is InChI=1S/C20H30N2O3/c1-6-16(7-2)11-21-12-17-8-9-19(20(10-17)23-5)24-13-18-14(3)22-25-15(18)4/h8-10,16,21H,6-7,11-13H2,1-5H3. The Morgan fingerprint density at radius 2 is 1.92 bits per heavy atom. The van der Waals surface area contributed by atoms with Gasteiger partial charge in [-0.3, -0.25) is 0 Å². The molecule has 1 aromatic carbocycles. The van der Waals surface area contributed by atoms with Gasteiger partial charge < -0.3 is 19.3 Å². The maximum atomic E-state index is 5.92. The van der Waals surface area contributed by atoms with E-state index in [0.29, 0.717) is 6.61 Å². The molecule has 2 aromatic rings.